The summed E-state index contributed by atoms with van der Waals surface area (Å²) in [6.45, 7) is 0.0753. The van der Waals surface area contributed by atoms with Crippen molar-refractivity contribution in [1.29, 1.82) is 0 Å². The number of ether oxygens (including phenoxy) is 2. The molecule has 0 saturated heterocycles. The fraction of sp³-hybridized carbons (Fsp3) is 0.250. The maximum Gasteiger partial charge on any atom is 0.347 e. The molecule has 2 aromatic rings. The monoisotopic (exact) mass is 300 g/mol. The van der Waals surface area contributed by atoms with Crippen LogP contribution in [0.2, 0.25) is 5.02 Å². The van der Waals surface area contributed by atoms with Crippen molar-refractivity contribution in [2.24, 2.45) is 0 Å². The Morgan fingerprint density at radius 1 is 1.53 bits per heavy atom. The van der Waals surface area contributed by atoms with Crippen molar-refractivity contribution in [3.8, 4) is 11.5 Å². The maximum absolute atomic E-state index is 11.1. The zero-order chi connectivity index (χ0) is 13.6. The highest BCUT2D eigenvalue weighted by Gasteiger charge is 2.27. The van der Waals surface area contributed by atoms with E-state index in [1.54, 1.807) is 12.1 Å². The number of carboxylic acid groups (broad SMARTS) is 1. The van der Waals surface area contributed by atoms with Crippen LogP contribution in [0.25, 0.3) is 10.1 Å². The summed E-state index contributed by atoms with van der Waals surface area (Å²) in [4.78, 5) is 11.2. The molecular weight excluding hydrogens is 292 g/mol. The molecule has 5 nitrogen and oxygen atoms in total. The third-order valence-electron chi connectivity index (χ3n) is 2.82. The summed E-state index contributed by atoms with van der Waals surface area (Å²) < 4.78 is 11.8. The molecule has 0 unspecified atom stereocenters. The van der Waals surface area contributed by atoms with Crippen LogP contribution in [0.1, 0.15) is 9.67 Å². The van der Waals surface area contributed by atoms with E-state index >= 15 is 0 Å². The molecule has 0 spiro atoms. The fourth-order valence-electron chi connectivity index (χ4n) is 1.95. The van der Waals surface area contributed by atoms with Gasteiger partial charge in [0.1, 0.15) is 11.5 Å². The Morgan fingerprint density at radius 2 is 2.32 bits per heavy atom. The number of benzene rings is 1. The minimum absolute atomic E-state index is 0.0692. The number of carboxylic acids is 1. The average Bonchev–Trinajstić information content (AvgIpc) is 2.76. The van der Waals surface area contributed by atoms with E-state index in [9.17, 15) is 4.79 Å². The molecule has 1 atom stereocenters. The van der Waals surface area contributed by atoms with Gasteiger partial charge in [-0.1, -0.05) is 11.6 Å². The van der Waals surface area contributed by atoms with Gasteiger partial charge in [0, 0.05) is 4.70 Å². The second-order valence-electron chi connectivity index (χ2n) is 4.05. The number of halogens is 1. The van der Waals surface area contributed by atoms with Gasteiger partial charge >= 0.3 is 5.97 Å². The topological polar surface area (TPSA) is 76.0 Å². The highest BCUT2D eigenvalue weighted by Crippen LogP contribution is 2.46. The summed E-state index contributed by atoms with van der Waals surface area (Å²) in [5.41, 5.74) is 0. The lowest BCUT2D eigenvalue weighted by molar-refractivity contribution is 0.0472. The molecule has 0 saturated carbocycles. The van der Waals surface area contributed by atoms with Crippen molar-refractivity contribution >= 4 is 39.0 Å². The van der Waals surface area contributed by atoms with Crippen molar-refractivity contribution in [3.63, 3.8) is 0 Å². The van der Waals surface area contributed by atoms with Gasteiger partial charge in [0.15, 0.2) is 17.6 Å². The first-order valence-corrected chi connectivity index (χ1v) is 6.70. The Bertz CT molecular complexity index is 666. The van der Waals surface area contributed by atoms with Gasteiger partial charge in [0.05, 0.1) is 17.0 Å². The van der Waals surface area contributed by atoms with Crippen LogP contribution in [-0.2, 0) is 0 Å². The van der Waals surface area contributed by atoms with E-state index in [1.807, 2.05) is 0 Å². The van der Waals surface area contributed by atoms with Crippen molar-refractivity contribution in [2.45, 2.75) is 6.10 Å². The van der Waals surface area contributed by atoms with Crippen molar-refractivity contribution in [3.05, 3.63) is 22.0 Å². The normalized spacial score (nSPS) is 17.7. The Kier molecular flexibility index (Phi) is 3.00. The van der Waals surface area contributed by atoms with E-state index in [0.29, 0.717) is 21.6 Å². The van der Waals surface area contributed by atoms with Crippen LogP contribution in [0.15, 0.2) is 12.1 Å². The summed E-state index contributed by atoms with van der Waals surface area (Å²) in [6, 6.07) is 3.46. The van der Waals surface area contributed by atoms with Gasteiger partial charge < -0.3 is 19.7 Å². The molecule has 0 aliphatic carbocycles. The molecule has 1 aliphatic heterocycles. The van der Waals surface area contributed by atoms with Crippen LogP contribution in [0.4, 0.5) is 0 Å². The van der Waals surface area contributed by atoms with E-state index < -0.39 is 12.1 Å². The van der Waals surface area contributed by atoms with Crippen molar-refractivity contribution < 1.29 is 24.5 Å². The van der Waals surface area contributed by atoms with Crippen LogP contribution in [0.5, 0.6) is 11.5 Å². The molecule has 100 valence electrons. The molecule has 0 bridgehead atoms. The standard InChI is InChI=1S/C12H9ClO5S/c13-9-8-7(19-11(9)12(15)16)2-1-6-10(8)18-5(3-14)4-17-6/h1-2,5,14H,3-4H2,(H,15,16)/t5-/m0/s1. The van der Waals surface area contributed by atoms with Crippen LogP contribution < -0.4 is 9.47 Å². The number of aliphatic hydroxyl groups excluding tert-OH is 1. The van der Waals surface area contributed by atoms with Gasteiger partial charge in [-0.3, -0.25) is 0 Å². The number of hydrogen-bond acceptors (Lipinski definition) is 5. The number of aliphatic hydroxyl groups is 1. The first-order chi connectivity index (χ1) is 9.11. The Labute approximate surface area is 116 Å². The predicted octanol–water partition coefficient (Wildman–Crippen LogP) is 2.39. The number of hydrogen-bond donors (Lipinski definition) is 2. The van der Waals surface area contributed by atoms with Crippen LogP contribution >= 0.6 is 22.9 Å². The summed E-state index contributed by atoms with van der Waals surface area (Å²) in [5, 5.41) is 18.9. The highest BCUT2D eigenvalue weighted by molar-refractivity contribution is 7.21. The molecule has 7 heteroatoms. The van der Waals surface area contributed by atoms with E-state index in [1.165, 1.54) is 0 Å². The molecule has 0 amide bonds. The van der Waals surface area contributed by atoms with Gasteiger partial charge in [-0.15, -0.1) is 11.3 Å². The lowest BCUT2D eigenvalue weighted by Gasteiger charge is -2.25. The van der Waals surface area contributed by atoms with Crippen LogP contribution in [0.3, 0.4) is 0 Å². The molecule has 0 radical (unpaired) electrons. The Balaban J connectivity index is 2.23. The van der Waals surface area contributed by atoms with Gasteiger partial charge in [0.2, 0.25) is 0 Å². The minimum Gasteiger partial charge on any atom is -0.486 e. The number of rotatable bonds is 2. The van der Waals surface area contributed by atoms with Gasteiger partial charge in [-0.2, -0.15) is 0 Å². The molecule has 3 rings (SSSR count). The van der Waals surface area contributed by atoms with E-state index in [4.69, 9.17) is 31.3 Å². The predicted molar refractivity (Wildman–Crippen MR) is 70.8 cm³/mol. The molecule has 2 heterocycles. The van der Waals surface area contributed by atoms with Crippen LogP contribution in [0, 0.1) is 0 Å². The Morgan fingerprint density at radius 3 is 3.00 bits per heavy atom. The lowest BCUT2D eigenvalue weighted by Crippen LogP contribution is -2.32. The molecule has 0 fully saturated rings. The quantitative estimate of drug-likeness (QED) is 0.890. The van der Waals surface area contributed by atoms with E-state index in [0.717, 1.165) is 11.3 Å². The number of fused-ring (bicyclic) bond motifs is 3. The highest BCUT2D eigenvalue weighted by atomic mass is 35.5. The van der Waals surface area contributed by atoms with Gasteiger partial charge in [0.25, 0.3) is 0 Å². The zero-order valence-corrected chi connectivity index (χ0v) is 11.1. The smallest absolute Gasteiger partial charge is 0.347 e. The SMILES string of the molecule is O=C(O)c1sc2ccc3c(c2c1Cl)O[C@@H](CO)CO3. The summed E-state index contributed by atoms with van der Waals surface area (Å²) in [6.07, 6.45) is -0.470. The molecule has 1 aromatic carbocycles. The van der Waals surface area contributed by atoms with Gasteiger partial charge in [-0.05, 0) is 12.1 Å². The van der Waals surface area contributed by atoms with Crippen molar-refractivity contribution in [1.82, 2.24) is 0 Å². The van der Waals surface area contributed by atoms with Gasteiger partial charge in [-0.25, -0.2) is 4.79 Å². The first-order valence-electron chi connectivity index (χ1n) is 5.50. The summed E-state index contributed by atoms with van der Waals surface area (Å²) in [5.74, 6) is -0.166. The number of thiophene rings is 1. The maximum atomic E-state index is 11.1. The Hall–Kier alpha value is -1.50. The average molecular weight is 301 g/mol. The fourth-order valence-corrected chi connectivity index (χ4v) is 3.32. The molecular formula is C12H9ClO5S. The molecule has 19 heavy (non-hydrogen) atoms. The summed E-state index contributed by atoms with van der Waals surface area (Å²) in [7, 11) is 0. The second kappa shape index (κ2) is 4.56. The molecule has 2 N–H and O–H groups in total. The third kappa shape index (κ3) is 1.92. The number of carbonyl (C=O) groups is 1. The van der Waals surface area contributed by atoms with E-state index in [-0.39, 0.29) is 23.1 Å². The van der Waals surface area contributed by atoms with Crippen LogP contribution in [-0.4, -0.2) is 35.5 Å². The third-order valence-corrected chi connectivity index (χ3v) is 4.45. The lowest BCUT2D eigenvalue weighted by atomic mass is 10.2. The summed E-state index contributed by atoms with van der Waals surface area (Å²) >= 11 is 7.20. The second-order valence-corrected chi connectivity index (χ2v) is 5.48. The minimum atomic E-state index is -1.07. The van der Waals surface area contributed by atoms with Crippen molar-refractivity contribution in [2.75, 3.05) is 13.2 Å². The molecule has 1 aromatic heterocycles. The first kappa shape index (κ1) is 12.5. The van der Waals surface area contributed by atoms with E-state index in [2.05, 4.69) is 0 Å². The molecule has 1 aliphatic rings. The largest absolute Gasteiger partial charge is 0.486 e. The number of aromatic carboxylic acids is 1. The zero-order valence-electron chi connectivity index (χ0n) is 9.55.